The third-order valence-corrected chi connectivity index (χ3v) is 2.83. The fraction of sp³-hybridized carbons (Fsp3) is 0.286. The Morgan fingerprint density at radius 3 is 3.00 bits per heavy atom. The van der Waals surface area contributed by atoms with Crippen molar-refractivity contribution < 1.29 is 9.90 Å². The van der Waals surface area contributed by atoms with Crippen LogP contribution in [0.3, 0.4) is 0 Å². The van der Waals surface area contributed by atoms with E-state index >= 15 is 0 Å². The van der Waals surface area contributed by atoms with Gasteiger partial charge in [0.25, 0.3) is 0 Å². The lowest BCUT2D eigenvalue weighted by Crippen LogP contribution is -2.25. The van der Waals surface area contributed by atoms with Crippen molar-refractivity contribution in [1.29, 1.82) is 0 Å². The van der Waals surface area contributed by atoms with Gasteiger partial charge in [0, 0.05) is 0 Å². The Morgan fingerprint density at radius 1 is 1.64 bits per heavy atom. The Labute approximate surface area is 67.5 Å². The van der Waals surface area contributed by atoms with Crippen LogP contribution < -0.4 is 5.73 Å². The molecule has 3 N–H and O–H groups in total. The summed E-state index contributed by atoms with van der Waals surface area (Å²) in [6.07, 6.45) is -1.02. The van der Waals surface area contributed by atoms with Gasteiger partial charge in [-0.15, -0.1) is 11.3 Å². The number of thiophene rings is 1. The van der Waals surface area contributed by atoms with Gasteiger partial charge in [-0.05, 0) is 17.0 Å². The smallest absolute Gasteiger partial charge is 0.203 e. The predicted molar refractivity (Wildman–Crippen MR) is 41.6 cm³/mol. The van der Waals surface area contributed by atoms with E-state index in [1.807, 2.05) is 5.38 Å². The highest BCUT2D eigenvalue weighted by Crippen LogP contribution is 2.33. The van der Waals surface area contributed by atoms with Crippen molar-refractivity contribution in [3.63, 3.8) is 0 Å². The third kappa shape index (κ3) is 0.772. The molecule has 2 rings (SSSR count). The number of carbonyl (C=O) groups excluding carboxylic acids is 1. The summed E-state index contributed by atoms with van der Waals surface area (Å²) in [6.45, 7) is 0. The molecule has 0 amide bonds. The standard InChI is InChI=1S/C7H7NO2S/c8-4-3-1-2-11-7(3)6(10)5(4)9/h1-2,4-5,9H,8H2/t4-,5+/m0/s1. The predicted octanol–water partition coefficient (Wildman–Crippen LogP) is 0.305. The maximum Gasteiger partial charge on any atom is 0.203 e. The molecule has 0 aromatic carbocycles. The molecule has 0 fully saturated rings. The third-order valence-electron chi connectivity index (χ3n) is 1.89. The summed E-state index contributed by atoms with van der Waals surface area (Å²) in [5.41, 5.74) is 6.35. The first-order valence-corrected chi connectivity index (χ1v) is 4.15. The SMILES string of the molecule is N[C@H]1c2ccsc2C(=O)[C@@H]1O. The van der Waals surface area contributed by atoms with Crippen molar-refractivity contribution in [2.75, 3.05) is 0 Å². The van der Waals surface area contributed by atoms with E-state index in [0.29, 0.717) is 4.88 Å². The highest BCUT2D eigenvalue weighted by atomic mass is 32.1. The molecule has 0 spiro atoms. The van der Waals surface area contributed by atoms with Crippen LogP contribution in [0, 0.1) is 0 Å². The number of hydrogen-bond acceptors (Lipinski definition) is 4. The Kier molecular flexibility index (Phi) is 1.35. The van der Waals surface area contributed by atoms with E-state index in [2.05, 4.69) is 0 Å². The first kappa shape index (κ1) is 6.97. The summed E-state index contributed by atoms with van der Waals surface area (Å²) in [4.78, 5) is 11.8. The molecule has 0 saturated heterocycles. The lowest BCUT2D eigenvalue weighted by Gasteiger charge is -2.05. The number of Topliss-reactive ketones (excluding diaryl/α,β-unsaturated/α-hetero) is 1. The van der Waals surface area contributed by atoms with Gasteiger partial charge in [0.2, 0.25) is 5.78 Å². The van der Waals surface area contributed by atoms with Gasteiger partial charge >= 0.3 is 0 Å². The van der Waals surface area contributed by atoms with Gasteiger partial charge in [-0.3, -0.25) is 4.79 Å². The highest BCUT2D eigenvalue weighted by Gasteiger charge is 2.36. The van der Waals surface area contributed by atoms with Crippen LogP contribution >= 0.6 is 11.3 Å². The minimum Gasteiger partial charge on any atom is -0.383 e. The van der Waals surface area contributed by atoms with Crippen LogP contribution in [0.15, 0.2) is 11.4 Å². The van der Waals surface area contributed by atoms with Gasteiger partial charge in [0.05, 0.1) is 10.9 Å². The number of nitrogens with two attached hydrogens (primary N) is 1. The molecule has 0 unspecified atom stereocenters. The van der Waals surface area contributed by atoms with Crippen LogP contribution in [0.2, 0.25) is 0 Å². The molecule has 1 aromatic rings. The van der Waals surface area contributed by atoms with Gasteiger partial charge in [-0.2, -0.15) is 0 Å². The van der Waals surface area contributed by atoms with Gasteiger partial charge in [0.1, 0.15) is 6.10 Å². The Hall–Kier alpha value is -0.710. The summed E-state index contributed by atoms with van der Waals surface area (Å²) in [5, 5.41) is 11.0. The minimum absolute atomic E-state index is 0.234. The second-order valence-electron chi connectivity index (χ2n) is 2.54. The van der Waals surface area contributed by atoms with E-state index in [9.17, 15) is 9.90 Å². The molecule has 0 bridgehead atoms. The van der Waals surface area contributed by atoms with Crippen LogP contribution in [0.25, 0.3) is 0 Å². The van der Waals surface area contributed by atoms with Crippen LogP contribution in [0.1, 0.15) is 21.3 Å². The van der Waals surface area contributed by atoms with Crippen molar-refractivity contribution >= 4 is 17.1 Å². The van der Waals surface area contributed by atoms with Crippen molar-refractivity contribution in [2.24, 2.45) is 5.73 Å². The van der Waals surface area contributed by atoms with Crippen molar-refractivity contribution in [1.82, 2.24) is 0 Å². The molecule has 1 aliphatic carbocycles. The molecule has 11 heavy (non-hydrogen) atoms. The number of aliphatic hydroxyl groups is 1. The molecule has 0 saturated carbocycles. The number of ketones is 1. The van der Waals surface area contributed by atoms with Crippen LogP contribution in [-0.4, -0.2) is 17.0 Å². The maximum atomic E-state index is 11.1. The maximum absolute atomic E-state index is 11.1. The molecule has 2 atom stereocenters. The lowest BCUT2D eigenvalue weighted by molar-refractivity contribution is 0.0739. The molecule has 1 aromatic heterocycles. The summed E-state index contributed by atoms with van der Waals surface area (Å²) >= 11 is 1.34. The topological polar surface area (TPSA) is 63.3 Å². The van der Waals surface area contributed by atoms with Crippen molar-refractivity contribution in [2.45, 2.75) is 12.1 Å². The Balaban J connectivity index is 2.56. The van der Waals surface area contributed by atoms with E-state index in [4.69, 9.17) is 5.73 Å². The summed E-state index contributed by atoms with van der Waals surface area (Å²) in [7, 11) is 0. The number of rotatable bonds is 0. The summed E-state index contributed by atoms with van der Waals surface area (Å²) in [5.74, 6) is -0.234. The molecular formula is C7H7NO2S. The minimum atomic E-state index is -1.02. The zero-order chi connectivity index (χ0) is 8.01. The van der Waals surface area contributed by atoms with Crippen molar-refractivity contribution in [3.05, 3.63) is 21.9 Å². The number of hydrogen-bond donors (Lipinski definition) is 2. The normalized spacial score (nSPS) is 29.1. The van der Waals surface area contributed by atoms with E-state index in [1.54, 1.807) is 6.07 Å². The molecule has 58 valence electrons. The fourth-order valence-corrected chi connectivity index (χ4v) is 2.18. The van der Waals surface area contributed by atoms with Crippen LogP contribution in [0.4, 0.5) is 0 Å². The highest BCUT2D eigenvalue weighted by molar-refractivity contribution is 7.12. The average molecular weight is 169 g/mol. The van der Waals surface area contributed by atoms with E-state index in [0.717, 1.165) is 5.56 Å². The Morgan fingerprint density at radius 2 is 2.36 bits per heavy atom. The van der Waals surface area contributed by atoms with Crippen LogP contribution in [0.5, 0.6) is 0 Å². The molecule has 0 aliphatic heterocycles. The quantitative estimate of drug-likeness (QED) is 0.587. The molecule has 1 heterocycles. The van der Waals surface area contributed by atoms with Gasteiger partial charge in [-0.1, -0.05) is 0 Å². The van der Waals surface area contributed by atoms with Crippen molar-refractivity contribution in [3.8, 4) is 0 Å². The summed E-state index contributed by atoms with van der Waals surface area (Å²) in [6, 6.07) is 1.28. The number of carbonyl (C=O) groups is 1. The number of fused-ring (bicyclic) bond motifs is 1. The lowest BCUT2D eigenvalue weighted by atomic mass is 10.2. The zero-order valence-electron chi connectivity index (χ0n) is 5.65. The monoisotopic (exact) mass is 169 g/mol. The largest absolute Gasteiger partial charge is 0.383 e. The second kappa shape index (κ2) is 2.14. The molecule has 3 nitrogen and oxygen atoms in total. The van der Waals surface area contributed by atoms with E-state index in [1.165, 1.54) is 11.3 Å². The van der Waals surface area contributed by atoms with E-state index < -0.39 is 12.1 Å². The molecular weight excluding hydrogens is 162 g/mol. The first-order chi connectivity index (χ1) is 5.22. The van der Waals surface area contributed by atoms with Gasteiger partial charge in [0.15, 0.2) is 0 Å². The summed E-state index contributed by atoms with van der Waals surface area (Å²) < 4.78 is 0. The average Bonchev–Trinajstić information content (AvgIpc) is 2.53. The molecule has 4 heteroatoms. The van der Waals surface area contributed by atoms with Gasteiger partial charge < -0.3 is 10.8 Å². The van der Waals surface area contributed by atoms with Gasteiger partial charge in [-0.25, -0.2) is 0 Å². The zero-order valence-corrected chi connectivity index (χ0v) is 6.47. The number of aliphatic hydroxyl groups excluding tert-OH is 1. The molecule has 1 aliphatic rings. The fourth-order valence-electron chi connectivity index (χ4n) is 1.25. The van der Waals surface area contributed by atoms with E-state index in [-0.39, 0.29) is 5.78 Å². The van der Waals surface area contributed by atoms with Crippen LogP contribution in [-0.2, 0) is 0 Å². The second-order valence-corrected chi connectivity index (χ2v) is 3.46. The first-order valence-electron chi connectivity index (χ1n) is 3.27. The Bertz CT molecular complexity index is 307. The molecule has 0 radical (unpaired) electrons.